The monoisotopic (exact) mass is 394 g/mol. The van der Waals surface area contributed by atoms with Gasteiger partial charge in [-0.3, -0.25) is 25.5 Å². The molecule has 128 valence electrons. The number of amides is 2. The minimum Gasteiger partial charge on any atom is -0.484 e. The highest BCUT2D eigenvalue weighted by Crippen LogP contribution is 2.20. The van der Waals surface area contributed by atoms with Gasteiger partial charge in [0.05, 0.1) is 0 Å². The van der Waals surface area contributed by atoms with Crippen molar-refractivity contribution in [2.75, 3.05) is 6.61 Å². The fraction of sp³-hybridized carbons (Fsp3) is 0.312. The normalized spacial score (nSPS) is 11.0. The summed E-state index contributed by atoms with van der Waals surface area (Å²) in [6, 6.07) is 8.72. The van der Waals surface area contributed by atoms with E-state index in [1.807, 2.05) is 20.8 Å². The van der Waals surface area contributed by atoms with Crippen LogP contribution in [0.3, 0.4) is 0 Å². The van der Waals surface area contributed by atoms with Gasteiger partial charge in [0.2, 0.25) is 0 Å². The number of aromatic nitrogens is 2. The highest BCUT2D eigenvalue weighted by atomic mass is 79.9. The lowest BCUT2D eigenvalue weighted by atomic mass is 9.92. The number of aromatic amines is 1. The summed E-state index contributed by atoms with van der Waals surface area (Å²) in [7, 11) is 0. The van der Waals surface area contributed by atoms with Gasteiger partial charge in [-0.2, -0.15) is 5.10 Å². The second-order valence-corrected chi connectivity index (χ2v) is 7.08. The maximum Gasteiger partial charge on any atom is 0.290 e. The van der Waals surface area contributed by atoms with Crippen molar-refractivity contribution in [2.45, 2.75) is 26.2 Å². The highest BCUT2D eigenvalue weighted by molar-refractivity contribution is 9.10. The van der Waals surface area contributed by atoms with Crippen molar-refractivity contribution in [3.63, 3.8) is 0 Å². The van der Waals surface area contributed by atoms with Crippen molar-refractivity contribution in [2.24, 2.45) is 0 Å². The van der Waals surface area contributed by atoms with E-state index < -0.39 is 11.8 Å². The number of hydrogen-bond acceptors (Lipinski definition) is 4. The molecular formula is C16H19BrN4O3. The fourth-order valence-corrected chi connectivity index (χ4v) is 1.99. The molecule has 0 fully saturated rings. The zero-order chi connectivity index (χ0) is 17.7. The standard InChI is InChI=1S/C16H19BrN4O3/c1-16(2,3)13-8-12(18-19-13)15(23)21-20-14(22)9-24-11-6-4-10(17)5-7-11/h4-8H,9H2,1-3H3,(H,18,19)(H,20,22)(H,21,23). The van der Waals surface area contributed by atoms with Crippen molar-refractivity contribution in [1.82, 2.24) is 21.0 Å². The summed E-state index contributed by atoms with van der Waals surface area (Å²) < 4.78 is 6.22. The average molecular weight is 395 g/mol. The van der Waals surface area contributed by atoms with Gasteiger partial charge in [0.25, 0.3) is 11.8 Å². The zero-order valence-electron chi connectivity index (χ0n) is 13.6. The molecule has 0 saturated heterocycles. The molecule has 0 aliphatic rings. The van der Waals surface area contributed by atoms with E-state index in [0.717, 1.165) is 10.2 Å². The van der Waals surface area contributed by atoms with Crippen LogP contribution in [0.15, 0.2) is 34.8 Å². The van der Waals surface area contributed by atoms with E-state index in [2.05, 4.69) is 37.0 Å². The van der Waals surface area contributed by atoms with E-state index in [1.165, 1.54) is 0 Å². The molecule has 0 aliphatic heterocycles. The van der Waals surface area contributed by atoms with E-state index in [4.69, 9.17) is 4.74 Å². The number of carbonyl (C=O) groups is 2. The van der Waals surface area contributed by atoms with Crippen molar-refractivity contribution in [3.8, 4) is 5.75 Å². The predicted octanol–water partition coefficient (Wildman–Crippen LogP) is 2.31. The Morgan fingerprint density at radius 1 is 1.21 bits per heavy atom. The molecular weight excluding hydrogens is 376 g/mol. The lowest BCUT2D eigenvalue weighted by molar-refractivity contribution is -0.123. The van der Waals surface area contributed by atoms with Crippen molar-refractivity contribution in [3.05, 3.63) is 46.2 Å². The van der Waals surface area contributed by atoms with Crippen LogP contribution in [-0.2, 0) is 10.2 Å². The number of hydrogen-bond donors (Lipinski definition) is 3. The van der Waals surface area contributed by atoms with Gasteiger partial charge in [-0.05, 0) is 30.3 Å². The molecule has 2 aromatic rings. The molecule has 0 saturated carbocycles. The van der Waals surface area contributed by atoms with Gasteiger partial charge in [-0.1, -0.05) is 36.7 Å². The predicted molar refractivity (Wildman–Crippen MR) is 92.5 cm³/mol. The third-order valence-electron chi connectivity index (χ3n) is 3.12. The summed E-state index contributed by atoms with van der Waals surface area (Å²) >= 11 is 3.31. The van der Waals surface area contributed by atoms with Crippen LogP contribution in [0.4, 0.5) is 0 Å². The molecule has 0 spiro atoms. The van der Waals surface area contributed by atoms with Crippen LogP contribution < -0.4 is 15.6 Å². The number of halogens is 1. The molecule has 0 atom stereocenters. The minimum absolute atomic E-state index is 0.146. The Balaban J connectivity index is 1.79. The first-order valence-corrected chi connectivity index (χ1v) is 8.08. The Hall–Kier alpha value is -2.35. The number of nitrogens with zero attached hydrogens (tertiary/aromatic N) is 1. The van der Waals surface area contributed by atoms with Crippen LogP contribution in [0.25, 0.3) is 0 Å². The molecule has 0 bridgehead atoms. The average Bonchev–Trinajstić information content (AvgIpc) is 3.02. The Morgan fingerprint density at radius 3 is 2.46 bits per heavy atom. The van der Waals surface area contributed by atoms with E-state index in [9.17, 15) is 9.59 Å². The van der Waals surface area contributed by atoms with Gasteiger partial charge < -0.3 is 4.74 Å². The van der Waals surface area contributed by atoms with Crippen molar-refractivity contribution >= 4 is 27.7 Å². The van der Waals surface area contributed by atoms with Crippen molar-refractivity contribution < 1.29 is 14.3 Å². The molecule has 7 nitrogen and oxygen atoms in total. The number of H-pyrrole nitrogens is 1. The van der Waals surface area contributed by atoms with E-state index in [0.29, 0.717) is 5.75 Å². The van der Waals surface area contributed by atoms with E-state index >= 15 is 0 Å². The summed E-state index contributed by atoms with van der Waals surface area (Å²) in [6.45, 7) is 5.80. The van der Waals surface area contributed by atoms with E-state index in [1.54, 1.807) is 30.3 Å². The second-order valence-electron chi connectivity index (χ2n) is 6.16. The van der Waals surface area contributed by atoms with Gasteiger partial charge >= 0.3 is 0 Å². The molecule has 0 radical (unpaired) electrons. The van der Waals surface area contributed by atoms with Crippen LogP contribution in [-0.4, -0.2) is 28.6 Å². The van der Waals surface area contributed by atoms with Crippen LogP contribution in [0.1, 0.15) is 37.0 Å². The summed E-state index contributed by atoms with van der Waals surface area (Å²) in [5, 5.41) is 6.75. The van der Waals surface area contributed by atoms with Gasteiger partial charge in [-0.25, -0.2) is 0 Å². The Kier molecular flexibility index (Phi) is 5.61. The third kappa shape index (κ3) is 5.09. The molecule has 1 heterocycles. The molecule has 3 N–H and O–H groups in total. The molecule has 8 heteroatoms. The number of nitrogens with one attached hydrogen (secondary N) is 3. The number of ether oxygens (including phenoxy) is 1. The Morgan fingerprint density at radius 2 is 1.88 bits per heavy atom. The number of benzene rings is 1. The fourth-order valence-electron chi connectivity index (χ4n) is 1.73. The molecule has 2 amide bonds. The van der Waals surface area contributed by atoms with Gasteiger partial charge in [0.1, 0.15) is 5.75 Å². The SMILES string of the molecule is CC(C)(C)c1cc(C(=O)NNC(=O)COc2ccc(Br)cc2)n[nH]1. The molecule has 2 rings (SSSR count). The number of rotatable bonds is 4. The number of hydrazine groups is 1. The first-order valence-electron chi connectivity index (χ1n) is 7.29. The summed E-state index contributed by atoms with van der Waals surface area (Å²) in [6.07, 6.45) is 0. The van der Waals surface area contributed by atoms with Gasteiger partial charge in [-0.15, -0.1) is 0 Å². The summed E-state index contributed by atoms with van der Waals surface area (Å²) in [5.74, 6) is -0.418. The largest absolute Gasteiger partial charge is 0.484 e. The van der Waals surface area contributed by atoms with Crippen LogP contribution >= 0.6 is 15.9 Å². The Bertz CT molecular complexity index is 720. The first-order chi connectivity index (χ1) is 11.3. The van der Waals surface area contributed by atoms with E-state index in [-0.39, 0.29) is 17.7 Å². The first kappa shape index (κ1) is 18.0. The van der Waals surface area contributed by atoms with Crippen molar-refractivity contribution in [1.29, 1.82) is 0 Å². The molecule has 1 aromatic heterocycles. The maximum absolute atomic E-state index is 11.9. The lowest BCUT2D eigenvalue weighted by Gasteiger charge is -2.14. The summed E-state index contributed by atoms with van der Waals surface area (Å²) in [4.78, 5) is 23.6. The van der Waals surface area contributed by atoms with Crippen LogP contribution in [0.5, 0.6) is 5.75 Å². The zero-order valence-corrected chi connectivity index (χ0v) is 15.2. The van der Waals surface area contributed by atoms with Crippen LogP contribution in [0, 0.1) is 0 Å². The third-order valence-corrected chi connectivity index (χ3v) is 3.65. The minimum atomic E-state index is -0.501. The quantitative estimate of drug-likeness (QED) is 0.693. The molecule has 24 heavy (non-hydrogen) atoms. The Labute approximate surface area is 148 Å². The molecule has 0 aliphatic carbocycles. The molecule has 1 aromatic carbocycles. The highest BCUT2D eigenvalue weighted by Gasteiger charge is 2.19. The topological polar surface area (TPSA) is 96.1 Å². The summed E-state index contributed by atoms with van der Waals surface area (Å²) in [5.41, 5.74) is 5.47. The smallest absolute Gasteiger partial charge is 0.290 e. The second kappa shape index (κ2) is 7.48. The molecule has 0 unspecified atom stereocenters. The number of carbonyl (C=O) groups excluding carboxylic acids is 2. The maximum atomic E-state index is 11.9. The lowest BCUT2D eigenvalue weighted by Crippen LogP contribution is -2.44. The van der Waals surface area contributed by atoms with Gasteiger partial charge in [0.15, 0.2) is 12.3 Å². The van der Waals surface area contributed by atoms with Gasteiger partial charge in [0, 0.05) is 15.6 Å². The van der Waals surface area contributed by atoms with Crippen LogP contribution in [0.2, 0.25) is 0 Å².